The Morgan fingerprint density at radius 2 is 1.95 bits per heavy atom. The van der Waals surface area contributed by atoms with Crippen molar-refractivity contribution in [1.82, 2.24) is 4.90 Å². The predicted molar refractivity (Wildman–Crippen MR) is 84.4 cm³/mol. The van der Waals surface area contributed by atoms with Gasteiger partial charge in [0.05, 0.1) is 18.8 Å². The second-order valence-corrected chi connectivity index (χ2v) is 7.07. The fraction of sp³-hybridized carbons (Fsp3) is 1.00. The van der Waals surface area contributed by atoms with Gasteiger partial charge >= 0.3 is 0 Å². The smallest absolute Gasteiger partial charge is 0.0681 e. The first-order valence-corrected chi connectivity index (χ1v) is 8.68. The number of aliphatic hydroxyl groups is 1. The zero-order valence-corrected chi connectivity index (χ0v) is 14.0. The van der Waals surface area contributed by atoms with Crippen molar-refractivity contribution in [2.24, 2.45) is 11.3 Å². The van der Waals surface area contributed by atoms with Crippen LogP contribution in [0.5, 0.6) is 0 Å². The minimum Gasteiger partial charge on any atom is -0.392 e. The molecule has 1 aliphatic heterocycles. The van der Waals surface area contributed by atoms with Gasteiger partial charge < -0.3 is 19.5 Å². The second kappa shape index (κ2) is 7.91. The van der Waals surface area contributed by atoms with E-state index in [1.54, 1.807) is 0 Å². The second-order valence-electron chi connectivity index (χ2n) is 7.07. The number of hydrogen-bond donors (Lipinski definition) is 1. The Balaban J connectivity index is 1.64. The van der Waals surface area contributed by atoms with E-state index in [-0.39, 0.29) is 17.6 Å². The Morgan fingerprint density at radius 3 is 2.52 bits per heavy atom. The van der Waals surface area contributed by atoms with Gasteiger partial charge in [-0.25, -0.2) is 0 Å². The largest absolute Gasteiger partial charge is 0.392 e. The lowest BCUT2D eigenvalue weighted by atomic mass is 9.58. The zero-order chi connectivity index (χ0) is 15.3. The van der Waals surface area contributed by atoms with Crippen molar-refractivity contribution in [2.45, 2.75) is 58.7 Å². The first-order chi connectivity index (χ1) is 10.1. The molecule has 2 unspecified atom stereocenters. The van der Waals surface area contributed by atoms with Gasteiger partial charge in [0.1, 0.15) is 0 Å². The average molecular weight is 299 g/mol. The molecule has 2 rings (SSSR count). The summed E-state index contributed by atoms with van der Waals surface area (Å²) in [5, 5.41) is 10.2. The van der Waals surface area contributed by atoms with Crippen molar-refractivity contribution in [3.8, 4) is 0 Å². The highest BCUT2D eigenvalue weighted by Crippen LogP contribution is 2.50. The van der Waals surface area contributed by atoms with Crippen LogP contribution in [0.25, 0.3) is 0 Å². The van der Waals surface area contributed by atoms with Crippen LogP contribution in [0.1, 0.15) is 46.5 Å². The summed E-state index contributed by atoms with van der Waals surface area (Å²) in [4.78, 5) is 2.47. The molecular formula is C17H33NO3. The molecule has 1 saturated carbocycles. The molecule has 124 valence electrons. The van der Waals surface area contributed by atoms with Crippen LogP contribution in [-0.4, -0.2) is 61.7 Å². The maximum absolute atomic E-state index is 10.2. The summed E-state index contributed by atoms with van der Waals surface area (Å²) >= 11 is 0. The summed E-state index contributed by atoms with van der Waals surface area (Å²) in [5.41, 5.74) is 0.0466. The van der Waals surface area contributed by atoms with Gasteiger partial charge in [0, 0.05) is 31.6 Å². The molecule has 1 saturated heterocycles. The maximum atomic E-state index is 10.2. The number of piperidine rings is 1. The van der Waals surface area contributed by atoms with Crippen molar-refractivity contribution < 1.29 is 14.6 Å². The molecule has 2 fully saturated rings. The quantitative estimate of drug-likeness (QED) is 0.698. The topological polar surface area (TPSA) is 41.9 Å². The molecule has 0 aromatic carbocycles. The lowest BCUT2D eigenvalue weighted by molar-refractivity contribution is -0.209. The van der Waals surface area contributed by atoms with E-state index < -0.39 is 0 Å². The third-order valence-corrected chi connectivity index (χ3v) is 5.29. The minimum absolute atomic E-state index is 0.0466. The fourth-order valence-electron chi connectivity index (χ4n) is 3.62. The molecule has 1 N–H and O–H groups in total. The van der Waals surface area contributed by atoms with Crippen LogP contribution in [0.2, 0.25) is 0 Å². The number of nitrogens with zero attached hydrogens (tertiary/aromatic N) is 1. The van der Waals surface area contributed by atoms with Crippen LogP contribution < -0.4 is 0 Å². The molecule has 0 amide bonds. The van der Waals surface area contributed by atoms with Gasteiger partial charge in [0.2, 0.25) is 0 Å². The molecule has 0 aromatic rings. The van der Waals surface area contributed by atoms with E-state index >= 15 is 0 Å². The number of aliphatic hydroxyl groups excluding tert-OH is 1. The van der Waals surface area contributed by atoms with Crippen LogP contribution in [0.3, 0.4) is 0 Å². The van der Waals surface area contributed by atoms with Gasteiger partial charge in [-0.2, -0.15) is 0 Å². The molecule has 0 bridgehead atoms. The normalized spacial score (nSPS) is 29.0. The molecule has 2 atom stereocenters. The van der Waals surface area contributed by atoms with E-state index in [0.29, 0.717) is 0 Å². The number of ether oxygens (including phenoxy) is 2. The Bertz CT molecular complexity index is 298. The average Bonchev–Trinajstić information content (AvgIpc) is 2.47. The van der Waals surface area contributed by atoms with Crippen LogP contribution in [0.4, 0.5) is 0 Å². The van der Waals surface area contributed by atoms with E-state index in [1.165, 1.54) is 0 Å². The Labute approximate surface area is 129 Å². The molecule has 1 spiro atoms. The van der Waals surface area contributed by atoms with Gasteiger partial charge in [-0.15, -0.1) is 0 Å². The number of likely N-dealkylation sites (tertiary alicyclic amines) is 1. The Morgan fingerprint density at radius 1 is 1.24 bits per heavy atom. The molecule has 4 nitrogen and oxygen atoms in total. The summed E-state index contributed by atoms with van der Waals surface area (Å²) in [6, 6.07) is 0. The van der Waals surface area contributed by atoms with Crippen molar-refractivity contribution in [3.05, 3.63) is 0 Å². The van der Waals surface area contributed by atoms with Crippen LogP contribution in [0.15, 0.2) is 0 Å². The highest BCUT2D eigenvalue weighted by molar-refractivity contribution is 5.06. The summed E-state index contributed by atoms with van der Waals surface area (Å²) < 4.78 is 11.5. The molecule has 21 heavy (non-hydrogen) atoms. The first-order valence-electron chi connectivity index (χ1n) is 8.68. The number of hydrogen-bond acceptors (Lipinski definition) is 4. The van der Waals surface area contributed by atoms with Crippen LogP contribution >= 0.6 is 0 Å². The lowest BCUT2D eigenvalue weighted by Crippen LogP contribution is -2.62. The van der Waals surface area contributed by atoms with Crippen molar-refractivity contribution >= 4 is 0 Å². The summed E-state index contributed by atoms with van der Waals surface area (Å²) in [7, 11) is 0. The predicted octanol–water partition coefficient (Wildman–Crippen LogP) is 2.30. The van der Waals surface area contributed by atoms with Crippen molar-refractivity contribution in [3.63, 3.8) is 0 Å². The fourth-order valence-corrected chi connectivity index (χ4v) is 3.62. The van der Waals surface area contributed by atoms with Crippen molar-refractivity contribution in [1.29, 1.82) is 0 Å². The van der Waals surface area contributed by atoms with Gasteiger partial charge in [0.15, 0.2) is 0 Å². The Hall–Kier alpha value is -0.160. The molecule has 2 aliphatic rings. The number of rotatable bonds is 8. The lowest BCUT2D eigenvalue weighted by Gasteiger charge is -2.56. The third kappa shape index (κ3) is 4.19. The highest BCUT2D eigenvalue weighted by Gasteiger charge is 2.55. The molecule has 0 aromatic heterocycles. The van der Waals surface area contributed by atoms with E-state index in [1.807, 2.05) is 6.92 Å². The standard InChI is InChI=1S/C17H33NO3/c1-4-21-16-13-15(19)17(16)6-8-18(9-7-17)10-12-20-11-5-14(2)3/h14-16,19H,4-13H2,1-3H3. The van der Waals surface area contributed by atoms with E-state index in [0.717, 1.165) is 71.1 Å². The van der Waals surface area contributed by atoms with Gasteiger partial charge in [-0.3, -0.25) is 0 Å². The highest BCUT2D eigenvalue weighted by atomic mass is 16.5. The van der Waals surface area contributed by atoms with Crippen LogP contribution in [-0.2, 0) is 9.47 Å². The zero-order valence-electron chi connectivity index (χ0n) is 14.0. The van der Waals surface area contributed by atoms with E-state index in [9.17, 15) is 5.11 Å². The maximum Gasteiger partial charge on any atom is 0.0681 e. The van der Waals surface area contributed by atoms with E-state index in [4.69, 9.17) is 9.47 Å². The first kappa shape index (κ1) is 17.2. The molecule has 1 aliphatic carbocycles. The molecule has 1 heterocycles. The molecular weight excluding hydrogens is 266 g/mol. The molecule has 4 heteroatoms. The van der Waals surface area contributed by atoms with Gasteiger partial charge in [0.25, 0.3) is 0 Å². The summed E-state index contributed by atoms with van der Waals surface area (Å²) in [5.74, 6) is 0.718. The summed E-state index contributed by atoms with van der Waals surface area (Å²) in [6.07, 6.45) is 4.22. The Kier molecular flexibility index (Phi) is 6.48. The third-order valence-electron chi connectivity index (χ3n) is 5.29. The minimum atomic E-state index is -0.154. The van der Waals surface area contributed by atoms with E-state index in [2.05, 4.69) is 18.7 Å². The molecule has 0 radical (unpaired) electrons. The summed E-state index contributed by atoms with van der Waals surface area (Å²) in [6.45, 7) is 12.1. The monoisotopic (exact) mass is 299 g/mol. The van der Waals surface area contributed by atoms with Crippen molar-refractivity contribution in [2.75, 3.05) is 39.5 Å². The van der Waals surface area contributed by atoms with Crippen LogP contribution in [0, 0.1) is 11.3 Å². The van der Waals surface area contributed by atoms with Gasteiger partial charge in [-0.1, -0.05) is 13.8 Å². The SMILES string of the molecule is CCOC1CC(O)C12CCN(CCOCCC(C)C)CC2. The van der Waals surface area contributed by atoms with Gasteiger partial charge in [-0.05, 0) is 45.2 Å².